The molecule has 2 aromatic rings. The fourth-order valence-corrected chi connectivity index (χ4v) is 2.03. The third-order valence-electron chi connectivity index (χ3n) is 2.79. The Labute approximate surface area is 127 Å². The van der Waals surface area contributed by atoms with Gasteiger partial charge < -0.3 is 10.1 Å². The molecule has 0 heterocycles. The molecule has 4 nitrogen and oxygen atoms in total. The van der Waals surface area contributed by atoms with E-state index in [1.54, 1.807) is 36.4 Å². The summed E-state index contributed by atoms with van der Waals surface area (Å²) in [5, 5.41) is 12.1. The van der Waals surface area contributed by atoms with Gasteiger partial charge in [-0.05, 0) is 37.3 Å². The fraction of sp³-hybridized carbons (Fsp3) is 0.125. The number of amides is 1. The molecular weight excluding hydrogens is 288 g/mol. The lowest BCUT2D eigenvalue weighted by atomic mass is 10.1. The predicted octanol–water partition coefficient (Wildman–Crippen LogP) is 3.86. The number of ether oxygens (including phenoxy) is 1. The summed E-state index contributed by atoms with van der Waals surface area (Å²) in [6, 6.07) is 13.6. The van der Waals surface area contributed by atoms with Crippen LogP contribution in [0.4, 0.5) is 5.69 Å². The second-order valence-corrected chi connectivity index (χ2v) is 4.60. The summed E-state index contributed by atoms with van der Waals surface area (Å²) < 4.78 is 5.32. The molecule has 1 N–H and O–H groups in total. The van der Waals surface area contributed by atoms with Crippen molar-refractivity contribution in [1.82, 2.24) is 0 Å². The smallest absolute Gasteiger partial charge is 0.255 e. The molecule has 0 aliphatic heterocycles. The van der Waals surface area contributed by atoms with Crippen molar-refractivity contribution in [2.45, 2.75) is 6.92 Å². The highest BCUT2D eigenvalue weighted by Gasteiger charge is 2.11. The first-order chi connectivity index (χ1) is 10.2. The number of carbonyl (C=O) groups excluding carboxylic acids is 1. The molecule has 0 spiro atoms. The lowest BCUT2D eigenvalue weighted by Gasteiger charge is -2.09. The van der Waals surface area contributed by atoms with Gasteiger partial charge in [-0.3, -0.25) is 4.79 Å². The van der Waals surface area contributed by atoms with Crippen molar-refractivity contribution in [2.24, 2.45) is 0 Å². The van der Waals surface area contributed by atoms with Gasteiger partial charge in [-0.1, -0.05) is 23.7 Å². The maximum Gasteiger partial charge on any atom is 0.255 e. The molecule has 2 aromatic carbocycles. The molecule has 0 unspecified atom stereocenters. The number of halogens is 1. The average molecular weight is 301 g/mol. The first-order valence-corrected chi connectivity index (χ1v) is 6.76. The number of nitrogens with one attached hydrogen (secondary N) is 1. The largest absolute Gasteiger partial charge is 0.492 e. The van der Waals surface area contributed by atoms with Crippen LogP contribution in [0.3, 0.4) is 0 Å². The van der Waals surface area contributed by atoms with Crippen LogP contribution in [-0.2, 0) is 0 Å². The SMILES string of the molecule is CCOc1ccc(C(=O)Nc2ccccc2C#N)cc1Cl. The van der Waals surface area contributed by atoms with Gasteiger partial charge in [0.1, 0.15) is 11.8 Å². The lowest BCUT2D eigenvalue weighted by molar-refractivity contribution is 0.102. The Morgan fingerprint density at radius 2 is 2.10 bits per heavy atom. The molecule has 0 radical (unpaired) electrons. The van der Waals surface area contributed by atoms with Gasteiger partial charge in [-0.25, -0.2) is 0 Å². The van der Waals surface area contributed by atoms with E-state index in [1.165, 1.54) is 6.07 Å². The molecule has 0 aliphatic carbocycles. The van der Waals surface area contributed by atoms with Crippen LogP contribution in [0, 0.1) is 11.3 Å². The number of anilines is 1. The number of carbonyl (C=O) groups is 1. The summed E-state index contributed by atoms with van der Waals surface area (Å²) in [7, 11) is 0. The van der Waals surface area contributed by atoms with Crippen molar-refractivity contribution >= 4 is 23.2 Å². The number of hydrogen-bond donors (Lipinski definition) is 1. The van der Waals surface area contributed by atoms with Crippen molar-refractivity contribution in [2.75, 3.05) is 11.9 Å². The molecule has 2 rings (SSSR count). The van der Waals surface area contributed by atoms with Crippen LogP contribution in [-0.4, -0.2) is 12.5 Å². The first kappa shape index (κ1) is 14.9. The highest BCUT2D eigenvalue weighted by Crippen LogP contribution is 2.26. The maximum atomic E-state index is 12.2. The molecule has 0 aliphatic rings. The van der Waals surface area contributed by atoms with Crippen LogP contribution in [0.2, 0.25) is 5.02 Å². The molecule has 21 heavy (non-hydrogen) atoms. The van der Waals surface area contributed by atoms with E-state index in [-0.39, 0.29) is 5.91 Å². The minimum Gasteiger partial charge on any atom is -0.492 e. The molecule has 0 bridgehead atoms. The zero-order valence-corrected chi connectivity index (χ0v) is 12.1. The Morgan fingerprint density at radius 1 is 1.33 bits per heavy atom. The van der Waals surface area contributed by atoms with Crippen LogP contribution < -0.4 is 10.1 Å². The van der Waals surface area contributed by atoms with Gasteiger partial charge in [0.05, 0.1) is 22.9 Å². The number of para-hydroxylation sites is 1. The summed E-state index contributed by atoms with van der Waals surface area (Å²) in [6.07, 6.45) is 0. The second-order valence-electron chi connectivity index (χ2n) is 4.19. The molecule has 0 fully saturated rings. The van der Waals surface area contributed by atoms with Crippen LogP contribution in [0.1, 0.15) is 22.8 Å². The molecule has 0 aromatic heterocycles. The van der Waals surface area contributed by atoms with Crippen LogP contribution in [0.15, 0.2) is 42.5 Å². The monoisotopic (exact) mass is 300 g/mol. The zero-order valence-electron chi connectivity index (χ0n) is 11.4. The lowest BCUT2D eigenvalue weighted by Crippen LogP contribution is -2.12. The summed E-state index contributed by atoms with van der Waals surface area (Å²) in [6.45, 7) is 2.36. The molecule has 106 valence electrons. The van der Waals surface area contributed by atoms with Gasteiger partial charge >= 0.3 is 0 Å². The fourth-order valence-electron chi connectivity index (χ4n) is 1.80. The molecule has 0 atom stereocenters. The molecule has 5 heteroatoms. The van der Waals surface area contributed by atoms with Gasteiger partial charge in [0.2, 0.25) is 0 Å². The average Bonchev–Trinajstić information content (AvgIpc) is 2.50. The van der Waals surface area contributed by atoms with Gasteiger partial charge in [-0.2, -0.15) is 5.26 Å². The van der Waals surface area contributed by atoms with E-state index in [0.717, 1.165) is 0 Å². The van der Waals surface area contributed by atoms with Gasteiger partial charge in [0.15, 0.2) is 0 Å². The van der Waals surface area contributed by atoms with E-state index in [9.17, 15) is 4.79 Å². The normalized spacial score (nSPS) is 9.76. The first-order valence-electron chi connectivity index (χ1n) is 6.38. The zero-order chi connectivity index (χ0) is 15.2. The molecule has 0 saturated heterocycles. The van der Waals surface area contributed by atoms with E-state index in [1.807, 2.05) is 13.0 Å². The number of nitrogens with zero attached hydrogens (tertiary/aromatic N) is 1. The second kappa shape index (κ2) is 6.78. The topological polar surface area (TPSA) is 62.1 Å². The van der Waals surface area contributed by atoms with E-state index in [0.29, 0.717) is 34.2 Å². The van der Waals surface area contributed by atoms with Crippen molar-refractivity contribution in [3.05, 3.63) is 58.6 Å². The Hall–Kier alpha value is -2.51. The number of rotatable bonds is 4. The van der Waals surface area contributed by atoms with Crippen LogP contribution >= 0.6 is 11.6 Å². The summed E-state index contributed by atoms with van der Waals surface area (Å²) >= 11 is 6.06. The van der Waals surface area contributed by atoms with Crippen molar-refractivity contribution in [3.63, 3.8) is 0 Å². The number of benzene rings is 2. The highest BCUT2D eigenvalue weighted by molar-refractivity contribution is 6.32. The summed E-state index contributed by atoms with van der Waals surface area (Å²) in [5.74, 6) is 0.204. The van der Waals surface area contributed by atoms with Crippen molar-refractivity contribution in [3.8, 4) is 11.8 Å². The van der Waals surface area contributed by atoms with Crippen molar-refractivity contribution in [1.29, 1.82) is 5.26 Å². The molecular formula is C16H13ClN2O2. The Kier molecular flexibility index (Phi) is 4.81. The third-order valence-corrected chi connectivity index (χ3v) is 3.08. The van der Waals surface area contributed by atoms with Crippen LogP contribution in [0.5, 0.6) is 5.75 Å². The maximum absolute atomic E-state index is 12.2. The van der Waals surface area contributed by atoms with Gasteiger partial charge in [0.25, 0.3) is 5.91 Å². The summed E-state index contributed by atoms with van der Waals surface area (Å²) in [4.78, 5) is 12.2. The quantitative estimate of drug-likeness (QED) is 0.932. The Balaban J connectivity index is 2.21. The van der Waals surface area contributed by atoms with E-state index in [4.69, 9.17) is 21.6 Å². The minimum absolute atomic E-state index is 0.331. The van der Waals surface area contributed by atoms with Gasteiger partial charge in [0, 0.05) is 5.56 Å². The highest BCUT2D eigenvalue weighted by atomic mass is 35.5. The minimum atomic E-state index is -0.331. The van der Waals surface area contributed by atoms with Crippen molar-refractivity contribution < 1.29 is 9.53 Å². The Bertz CT molecular complexity index is 708. The number of nitriles is 1. The standard InChI is InChI=1S/C16H13ClN2O2/c1-2-21-15-8-7-11(9-13(15)17)16(20)19-14-6-4-3-5-12(14)10-18/h3-9H,2H2,1H3,(H,19,20). The predicted molar refractivity (Wildman–Crippen MR) is 81.7 cm³/mol. The molecule has 0 saturated carbocycles. The van der Waals surface area contributed by atoms with Crippen LogP contribution in [0.25, 0.3) is 0 Å². The molecule has 1 amide bonds. The Morgan fingerprint density at radius 3 is 2.76 bits per heavy atom. The van der Waals surface area contributed by atoms with Gasteiger partial charge in [-0.15, -0.1) is 0 Å². The number of hydrogen-bond acceptors (Lipinski definition) is 3. The van der Waals surface area contributed by atoms with E-state index in [2.05, 4.69) is 5.32 Å². The third kappa shape index (κ3) is 3.53. The van der Waals surface area contributed by atoms with E-state index >= 15 is 0 Å². The summed E-state index contributed by atoms with van der Waals surface area (Å²) in [5.41, 5.74) is 1.27. The van der Waals surface area contributed by atoms with E-state index < -0.39 is 0 Å².